The topological polar surface area (TPSA) is 94.3 Å². The lowest BCUT2D eigenvalue weighted by Crippen LogP contribution is -2.21. The molecule has 1 aromatic heterocycles. The summed E-state index contributed by atoms with van der Waals surface area (Å²) in [5, 5.41) is 3.18. The monoisotopic (exact) mass is 255 g/mol. The first kappa shape index (κ1) is 14.6. The van der Waals surface area contributed by atoms with Crippen LogP contribution in [-0.4, -0.2) is 36.3 Å². The average Bonchev–Trinajstić information content (AvgIpc) is 2.37. The molecule has 0 saturated carbocycles. The molecule has 0 aliphatic carbocycles. The van der Waals surface area contributed by atoms with Gasteiger partial charge in [-0.15, -0.1) is 0 Å². The van der Waals surface area contributed by atoms with Crippen molar-refractivity contribution in [1.29, 1.82) is 0 Å². The molecule has 1 rings (SSSR count). The van der Waals surface area contributed by atoms with Crippen molar-refractivity contribution in [1.82, 2.24) is 9.97 Å². The van der Waals surface area contributed by atoms with Crippen molar-refractivity contribution in [3.05, 3.63) is 11.9 Å². The molecule has 1 atom stereocenters. The number of anilines is 2. The zero-order valence-corrected chi connectivity index (χ0v) is 11.1. The number of nitrogens with one attached hydrogen (secondary N) is 2. The van der Waals surface area contributed by atoms with Crippen LogP contribution in [0.5, 0.6) is 0 Å². The number of nitrogens with two attached hydrogens (primary N) is 1. The molecule has 0 saturated heterocycles. The van der Waals surface area contributed by atoms with Crippen molar-refractivity contribution in [2.45, 2.75) is 26.6 Å². The lowest BCUT2D eigenvalue weighted by atomic mass is 10.4. The minimum Gasteiger partial charge on any atom is -0.377 e. The Hall–Kier alpha value is -1.44. The van der Waals surface area contributed by atoms with Crippen molar-refractivity contribution in [2.75, 3.05) is 31.0 Å². The third kappa shape index (κ3) is 4.82. The van der Waals surface area contributed by atoms with E-state index in [9.17, 15) is 0 Å². The lowest BCUT2D eigenvalue weighted by molar-refractivity contribution is 0.0854. The van der Waals surface area contributed by atoms with Gasteiger partial charge in [0, 0.05) is 26.3 Å². The summed E-state index contributed by atoms with van der Waals surface area (Å²) >= 11 is 0. The summed E-state index contributed by atoms with van der Waals surface area (Å²) in [7, 11) is 1.59. The molecule has 0 bridgehead atoms. The number of hydrogen-bond acceptors (Lipinski definition) is 7. The quantitative estimate of drug-likeness (QED) is 0.466. The molecule has 7 nitrogen and oxygen atoms in total. The van der Waals surface area contributed by atoms with E-state index in [1.165, 1.54) is 0 Å². The molecule has 102 valence electrons. The SMILES string of the molecule is CCOC(C)CNc1cc(NN)nc(COC)n1. The van der Waals surface area contributed by atoms with E-state index in [4.69, 9.17) is 15.3 Å². The van der Waals surface area contributed by atoms with Gasteiger partial charge in [0.25, 0.3) is 0 Å². The van der Waals surface area contributed by atoms with Crippen molar-refractivity contribution >= 4 is 11.6 Å². The van der Waals surface area contributed by atoms with E-state index in [1.807, 2.05) is 13.8 Å². The number of hydrogen-bond donors (Lipinski definition) is 3. The molecule has 18 heavy (non-hydrogen) atoms. The molecule has 0 fully saturated rings. The van der Waals surface area contributed by atoms with E-state index in [0.29, 0.717) is 37.2 Å². The second-order valence-electron chi connectivity index (χ2n) is 3.78. The molecule has 1 heterocycles. The van der Waals surface area contributed by atoms with Crippen LogP contribution in [-0.2, 0) is 16.1 Å². The van der Waals surface area contributed by atoms with Crippen LogP contribution < -0.4 is 16.6 Å². The van der Waals surface area contributed by atoms with E-state index in [1.54, 1.807) is 13.2 Å². The molecule has 4 N–H and O–H groups in total. The minimum atomic E-state index is 0.116. The molecular formula is C11H21N5O2. The van der Waals surface area contributed by atoms with Crippen LogP contribution >= 0.6 is 0 Å². The zero-order valence-electron chi connectivity index (χ0n) is 11.1. The second-order valence-corrected chi connectivity index (χ2v) is 3.78. The summed E-state index contributed by atoms with van der Waals surface area (Å²) in [4.78, 5) is 8.47. The standard InChI is InChI=1S/C11H21N5O2/c1-4-18-8(2)6-13-9-5-10(16-12)15-11(14-9)7-17-3/h5,8H,4,6-7,12H2,1-3H3,(H2,13,14,15,16). The highest BCUT2D eigenvalue weighted by molar-refractivity contribution is 5.46. The molecule has 1 unspecified atom stereocenters. The van der Waals surface area contributed by atoms with Gasteiger partial charge in [0.2, 0.25) is 0 Å². The van der Waals surface area contributed by atoms with Crippen LogP contribution in [0.2, 0.25) is 0 Å². The number of nitrogens with zero attached hydrogens (tertiary/aromatic N) is 2. The Bertz CT molecular complexity index is 361. The Morgan fingerprint density at radius 1 is 1.39 bits per heavy atom. The second kappa shape index (κ2) is 7.80. The Morgan fingerprint density at radius 3 is 2.72 bits per heavy atom. The Morgan fingerprint density at radius 2 is 2.11 bits per heavy atom. The summed E-state index contributed by atoms with van der Waals surface area (Å²) in [6, 6.07) is 1.73. The van der Waals surface area contributed by atoms with E-state index >= 15 is 0 Å². The fraction of sp³-hybridized carbons (Fsp3) is 0.636. The van der Waals surface area contributed by atoms with Gasteiger partial charge in [0.1, 0.15) is 18.2 Å². The highest BCUT2D eigenvalue weighted by atomic mass is 16.5. The fourth-order valence-corrected chi connectivity index (χ4v) is 1.45. The largest absolute Gasteiger partial charge is 0.377 e. The van der Waals surface area contributed by atoms with Gasteiger partial charge < -0.3 is 20.2 Å². The highest BCUT2D eigenvalue weighted by Gasteiger charge is 2.06. The molecule has 0 aliphatic rings. The maximum absolute atomic E-state index is 5.43. The predicted octanol–water partition coefficient (Wildman–Crippen LogP) is 0.746. The average molecular weight is 255 g/mol. The summed E-state index contributed by atoms with van der Waals surface area (Å²) in [5.74, 6) is 7.16. The third-order valence-electron chi connectivity index (χ3n) is 2.22. The van der Waals surface area contributed by atoms with Crippen LogP contribution in [0.15, 0.2) is 6.07 Å². The van der Waals surface area contributed by atoms with Crippen molar-refractivity contribution in [3.63, 3.8) is 0 Å². The smallest absolute Gasteiger partial charge is 0.158 e. The van der Waals surface area contributed by atoms with Crippen LogP contribution in [0, 0.1) is 0 Å². The van der Waals surface area contributed by atoms with Crippen molar-refractivity contribution < 1.29 is 9.47 Å². The minimum absolute atomic E-state index is 0.116. The van der Waals surface area contributed by atoms with Crippen LogP contribution in [0.25, 0.3) is 0 Å². The summed E-state index contributed by atoms with van der Waals surface area (Å²) in [5.41, 5.74) is 2.50. The van der Waals surface area contributed by atoms with E-state index < -0.39 is 0 Å². The molecule has 0 aromatic carbocycles. The van der Waals surface area contributed by atoms with Crippen molar-refractivity contribution in [3.8, 4) is 0 Å². The molecule has 0 radical (unpaired) electrons. The summed E-state index contributed by atoms with van der Waals surface area (Å²) in [6.07, 6.45) is 0.116. The van der Waals surface area contributed by atoms with Gasteiger partial charge >= 0.3 is 0 Å². The zero-order chi connectivity index (χ0) is 13.4. The lowest BCUT2D eigenvalue weighted by Gasteiger charge is -2.14. The van der Waals surface area contributed by atoms with Gasteiger partial charge in [-0.3, -0.25) is 0 Å². The van der Waals surface area contributed by atoms with E-state index in [0.717, 1.165) is 0 Å². The van der Waals surface area contributed by atoms with Crippen LogP contribution in [0.3, 0.4) is 0 Å². The number of hydrazine groups is 1. The molecule has 1 aromatic rings. The molecule has 0 amide bonds. The number of methoxy groups -OCH3 is 1. The normalized spacial score (nSPS) is 12.2. The maximum Gasteiger partial charge on any atom is 0.158 e. The first-order valence-electron chi connectivity index (χ1n) is 5.88. The first-order valence-corrected chi connectivity index (χ1v) is 5.88. The number of ether oxygens (including phenoxy) is 2. The third-order valence-corrected chi connectivity index (χ3v) is 2.22. The molecular weight excluding hydrogens is 234 g/mol. The summed E-state index contributed by atoms with van der Waals surface area (Å²) in [6.45, 7) is 5.66. The Labute approximate surface area is 107 Å². The van der Waals surface area contributed by atoms with Crippen molar-refractivity contribution in [2.24, 2.45) is 5.84 Å². The Kier molecular flexibility index (Phi) is 6.34. The van der Waals surface area contributed by atoms with Gasteiger partial charge in [-0.2, -0.15) is 0 Å². The van der Waals surface area contributed by atoms with Gasteiger partial charge in [-0.1, -0.05) is 0 Å². The van der Waals surface area contributed by atoms with Crippen LogP contribution in [0.1, 0.15) is 19.7 Å². The molecule has 0 aliphatic heterocycles. The van der Waals surface area contributed by atoms with E-state index in [-0.39, 0.29) is 6.10 Å². The highest BCUT2D eigenvalue weighted by Crippen LogP contribution is 2.11. The number of nitrogen functional groups attached to an aromatic ring is 1. The van der Waals surface area contributed by atoms with Crippen LogP contribution in [0.4, 0.5) is 11.6 Å². The number of rotatable bonds is 8. The van der Waals surface area contributed by atoms with Gasteiger partial charge in [0.15, 0.2) is 5.82 Å². The maximum atomic E-state index is 5.43. The fourth-order valence-electron chi connectivity index (χ4n) is 1.45. The Balaban J connectivity index is 2.65. The van der Waals surface area contributed by atoms with E-state index in [2.05, 4.69) is 20.7 Å². The van der Waals surface area contributed by atoms with Gasteiger partial charge in [-0.25, -0.2) is 15.8 Å². The number of aromatic nitrogens is 2. The van der Waals surface area contributed by atoms with Gasteiger partial charge in [-0.05, 0) is 13.8 Å². The van der Waals surface area contributed by atoms with Gasteiger partial charge in [0.05, 0.1) is 6.10 Å². The molecule has 7 heteroatoms. The molecule has 0 spiro atoms. The first-order chi connectivity index (χ1) is 8.69. The predicted molar refractivity (Wildman–Crippen MR) is 70.1 cm³/mol. The summed E-state index contributed by atoms with van der Waals surface area (Å²) < 4.78 is 10.4.